The molecule has 3 aromatic rings. The number of phenolic OH excluding ortho intramolecular Hbond substituents is 1. The molecule has 9 heteroatoms. The van der Waals surface area contributed by atoms with Gasteiger partial charge in [0.15, 0.2) is 5.69 Å². The first-order valence-electron chi connectivity index (χ1n) is 9.69. The molecule has 4 rings (SSSR count). The summed E-state index contributed by atoms with van der Waals surface area (Å²) in [6.45, 7) is 2.94. The Bertz CT molecular complexity index is 1090. The molecule has 1 amide bonds. The summed E-state index contributed by atoms with van der Waals surface area (Å²) in [7, 11) is 0. The number of rotatable bonds is 4. The van der Waals surface area contributed by atoms with E-state index in [9.17, 15) is 20.0 Å². The topological polar surface area (TPSA) is 114 Å². The maximum absolute atomic E-state index is 13.0. The van der Waals surface area contributed by atoms with Crippen molar-refractivity contribution >= 4 is 11.6 Å². The molecule has 0 aliphatic carbocycles. The van der Waals surface area contributed by atoms with E-state index in [0.717, 1.165) is 18.4 Å². The van der Waals surface area contributed by atoms with Crippen molar-refractivity contribution in [2.24, 2.45) is 0 Å². The summed E-state index contributed by atoms with van der Waals surface area (Å²) < 4.78 is 1.45. The van der Waals surface area contributed by atoms with Gasteiger partial charge in [0.05, 0.1) is 16.3 Å². The van der Waals surface area contributed by atoms with Crippen LogP contribution in [0.3, 0.4) is 0 Å². The average Bonchev–Trinajstić information content (AvgIpc) is 3.15. The molecule has 0 saturated carbocycles. The lowest BCUT2D eigenvalue weighted by molar-refractivity contribution is -0.384. The van der Waals surface area contributed by atoms with Crippen LogP contribution in [0.5, 0.6) is 5.75 Å². The third-order valence-electron chi connectivity index (χ3n) is 5.53. The lowest BCUT2D eigenvalue weighted by atomic mass is 9.89. The Morgan fingerprint density at radius 1 is 1.17 bits per heavy atom. The molecule has 30 heavy (non-hydrogen) atoms. The summed E-state index contributed by atoms with van der Waals surface area (Å²) in [5, 5.41) is 28.6. The van der Waals surface area contributed by atoms with Crippen molar-refractivity contribution in [1.82, 2.24) is 19.9 Å². The minimum Gasteiger partial charge on any atom is -0.508 e. The normalized spacial score (nSPS) is 14.6. The molecule has 2 heterocycles. The number of likely N-dealkylation sites (tertiary alicyclic amines) is 1. The summed E-state index contributed by atoms with van der Waals surface area (Å²) in [4.78, 5) is 25.3. The van der Waals surface area contributed by atoms with Crippen molar-refractivity contribution in [2.75, 3.05) is 13.1 Å². The maximum atomic E-state index is 13.0. The number of carbonyl (C=O) groups is 1. The Morgan fingerprint density at radius 2 is 1.87 bits per heavy atom. The number of phenols is 1. The van der Waals surface area contributed by atoms with Gasteiger partial charge < -0.3 is 10.0 Å². The van der Waals surface area contributed by atoms with Gasteiger partial charge >= 0.3 is 0 Å². The minimum atomic E-state index is -0.472. The molecule has 0 unspecified atom stereocenters. The van der Waals surface area contributed by atoms with E-state index in [-0.39, 0.29) is 23.0 Å². The second-order valence-corrected chi connectivity index (χ2v) is 7.37. The van der Waals surface area contributed by atoms with Crippen LogP contribution in [0.1, 0.15) is 40.5 Å². The van der Waals surface area contributed by atoms with Gasteiger partial charge in [0, 0.05) is 25.2 Å². The largest absolute Gasteiger partial charge is 0.508 e. The van der Waals surface area contributed by atoms with E-state index in [4.69, 9.17) is 0 Å². The Kier molecular flexibility index (Phi) is 5.18. The van der Waals surface area contributed by atoms with Crippen LogP contribution in [0.15, 0.2) is 48.5 Å². The highest BCUT2D eigenvalue weighted by atomic mass is 16.6. The fourth-order valence-electron chi connectivity index (χ4n) is 3.82. The van der Waals surface area contributed by atoms with E-state index >= 15 is 0 Å². The van der Waals surface area contributed by atoms with Gasteiger partial charge in [0.25, 0.3) is 11.6 Å². The van der Waals surface area contributed by atoms with Crippen LogP contribution >= 0.6 is 0 Å². The number of non-ortho nitro benzene ring substituents is 1. The number of benzene rings is 2. The summed E-state index contributed by atoms with van der Waals surface area (Å²) in [5.41, 5.74) is 2.39. The lowest BCUT2D eigenvalue weighted by Crippen LogP contribution is -2.38. The smallest absolute Gasteiger partial charge is 0.276 e. The standard InChI is InChI=1S/C21H21N5O4/c1-14-20(22-23-25(14)17-3-2-4-18(13-17)26(29)30)21(28)24-11-9-16(10-12-24)15-5-7-19(27)8-6-15/h2-8,13,16,27H,9-12H2,1H3. The number of hydrogen-bond acceptors (Lipinski definition) is 6. The molecule has 1 saturated heterocycles. The Morgan fingerprint density at radius 3 is 2.53 bits per heavy atom. The zero-order chi connectivity index (χ0) is 21.3. The van der Waals surface area contributed by atoms with E-state index in [1.165, 1.54) is 16.8 Å². The van der Waals surface area contributed by atoms with Crippen molar-refractivity contribution in [3.8, 4) is 11.4 Å². The quantitative estimate of drug-likeness (QED) is 0.525. The van der Waals surface area contributed by atoms with Crippen LogP contribution in [-0.4, -0.2) is 48.9 Å². The molecule has 1 fully saturated rings. The molecule has 1 aliphatic heterocycles. The van der Waals surface area contributed by atoms with Gasteiger partial charge in [0.1, 0.15) is 5.75 Å². The molecule has 0 atom stereocenters. The Hall–Kier alpha value is -3.75. The van der Waals surface area contributed by atoms with Crippen LogP contribution in [0, 0.1) is 17.0 Å². The van der Waals surface area contributed by atoms with Gasteiger partial charge in [0.2, 0.25) is 0 Å². The predicted octanol–water partition coefficient (Wildman–Crippen LogP) is 3.21. The molecule has 0 bridgehead atoms. The van der Waals surface area contributed by atoms with Crippen molar-refractivity contribution in [3.63, 3.8) is 0 Å². The molecule has 0 radical (unpaired) electrons. The number of nitro groups is 1. The van der Waals surface area contributed by atoms with E-state index in [0.29, 0.717) is 30.4 Å². The van der Waals surface area contributed by atoms with E-state index in [1.807, 2.05) is 12.1 Å². The van der Waals surface area contributed by atoms with Gasteiger partial charge in [-0.05, 0) is 49.4 Å². The average molecular weight is 407 g/mol. The number of aromatic hydroxyl groups is 1. The fraction of sp³-hybridized carbons (Fsp3) is 0.286. The van der Waals surface area contributed by atoms with E-state index < -0.39 is 4.92 Å². The van der Waals surface area contributed by atoms with Crippen LogP contribution in [-0.2, 0) is 0 Å². The van der Waals surface area contributed by atoms with Crippen molar-refractivity contribution in [3.05, 3.63) is 75.6 Å². The highest BCUT2D eigenvalue weighted by Gasteiger charge is 2.28. The molecule has 154 valence electrons. The fourth-order valence-corrected chi connectivity index (χ4v) is 3.82. The van der Waals surface area contributed by atoms with Crippen molar-refractivity contribution in [1.29, 1.82) is 0 Å². The number of hydrogen-bond donors (Lipinski definition) is 1. The van der Waals surface area contributed by atoms with Crippen molar-refractivity contribution < 1.29 is 14.8 Å². The lowest BCUT2D eigenvalue weighted by Gasteiger charge is -2.32. The molecule has 1 aliphatic rings. The minimum absolute atomic E-state index is 0.0495. The summed E-state index contributed by atoms with van der Waals surface area (Å²) in [6.07, 6.45) is 1.66. The second kappa shape index (κ2) is 7.94. The maximum Gasteiger partial charge on any atom is 0.276 e. The van der Waals surface area contributed by atoms with E-state index in [1.54, 1.807) is 36.1 Å². The summed E-state index contributed by atoms with van der Waals surface area (Å²) in [5.74, 6) is 0.401. The number of nitrogens with zero attached hydrogens (tertiary/aromatic N) is 5. The Balaban J connectivity index is 1.48. The Labute approximate surface area is 172 Å². The number of aromatic nitrogens is 3. The zero-order valence-corrected chi connectivity index (χ0v) is 16.4. The molecule has 1 aromatic heterocycles. The summed E-state index contributed by atoms with van der Waals surface area (Å²) in [6, 6.07) is 13.3. The third-order valence-corrected chi connectivity index (χ3v) is 5.53. The highest BCUT2D eigenvalue weighted by molar-refractivity contribution is 5.93. The first-order chi connectivity index (χ1) is 14.4. The SMILES string of the molecule is Cc1c(C(=O)N2CCC(c3ccc(O)cc3)CC2)nnn1-c1cccc([N+](=O)[O-])c1. The number of amides is 1. The molecule has 0 spiro atoms. The predicted molar refractivity (Wildman–Crippen MR) is 109 cm³/mol. The first-order valence-corrected chi connectivity index (χ1v) is 9.69. The highest BCUT2D eigenvalue weighted by Crippen LogP contribution is 2.30. The monoisotopic (exact) mass is 407 g/mol. The zero-order valence-electron chi connectivity index (χ0n) is 16.4. The van der Waals surface area contributed by atoms with Gasteiger partial charge in [-0.25, -0.2) is 4.68 Å². The molecule has 1 N–H and O–H groups in total. The van der Waals surface area contributed by atoms with Crippen LogP contribution < -0.4 is 0 Å². The molecule has 9 nitrogen and oxygen atoms in total. The van der Waals surface area contributed by atoms with E-state index in [2.05, 4.69) is 10.3 Å². The number of carbonyl (C=O) groups excluding carboxylic acids is 1. The van der Waals surface area contributed by atoms with Gasteiger partial charge in [-0.1, -0.05) is 23.4 Å². The molecule has 2 aromatic carbocycles. The third kappa shape index (κ3) is 3.73. The second-order valence-electron chi connectivity index (χ2n) is 7.37. The van der Waals surface area contributed by atoms with Gasteiger partial charge in [-0.15, -0.1) is 5.10 Å². The van der Waals surface area contributed by atoms with Crippen LogP contribution in [0.25, 0.3) is 5.69 Å². The van der Waals surface area contributed by atoms with Gasteiger partial charge in [-0.2, -0.15) is 0 Å². The number of nitro benzene ring substituents is 1. The summed E-state index contributed by atoms with van der Waals surface area (Å²) >= 11 is 0. The molecular formula is C21H21N5O4. The molecular weight excluding hydrogens is 386 g/mol. The van der Waals surface area contributed by atoms with Crippen molar-refractivity contribution in [2.45, 2.75) is 25.7 Å². The van der Waals surface area contributed by atoms with Crippen LogP contribution in [0.2, 0.25) is 0 Å². The first kappa shape index (κ1) is 19.6. The number of piperidine rings is 1. The van der Waals surface area contributed by atoms with Gasteiger partial charge in [-0.3, -0.25) is 14.9 Å². The van der Waals surface area contributed by atoms with Crippen LogP contribution in [0.4, 0.5) is 5.69 Å².